The zero-order valence-corrected chi connectivity index (χ0v) is 9.65. The van der Waals surface area contributed by atoms with Gasteiger partial charge < -0.3 is 19.4 Å². The standard InChI is InChI=1S/C13H16O4/c1-9-12(15)11(7-8-14)17-13(16-9)10-5-3-2-4-6-10/h2-6,8-9,11-13,15H,7H2,1H3/t9-,11-,12+,13+/m1/s1. The number of rotatable bonds is 3. The first-order valence-electron chi connectivity index (χ1n) is 5.70. The molecule has 1 aromatic rings. The predicted molar refractivity (Wildman–Crippen MR) is 61.3 cm³/mol. The smallest absolute Gasteiger partial charge is 0.184 e. The SMILES string of the molecule is C[C@H]1O[C@H](c2ccccc2)O[C@H](CC=O)[C@H]1O. The Morgan fingerprint density at radius 3 is 2.65 bits per heavy atom. The summed E-state index contributed by atoms with van der Waals surface area (Å²) >= 11 is 0. The van der Waals surface area contributed by atoms with Gasteiger partial charge in [0.25, 0.3) is 0 Å². The summed E-state index contributed by atoms with van der Waals surface area (Å²) in [6.45, 7) is 1.78. The van der Waals surface area contributed by atoms with Gasteiger partial charge in [0.2, 0.25) is 0 Å². The van der Waals surface area contributed by atoms with Crippen LogP contribution in [-0.2, 0) is 14.3 Å². The van der Waals surface area contributed by atoms with Crippen LogP contribution in [0.25, 0.3) is 0 Å². The minimum absolute atomic E-state index is 0.179. The Bertz CT molecular complexity index is 365. The topological polar surface area (TPSA) is 55.8 Å². The van der Waals surface area contributed by atoms with Crippen molar-refractivity contribution in [3.63, 3.8) is 0 Å². The summed E-state index contributed by atoms with van der Waals surface area (Å²) in [5.74, 6) is 0. The molecule has 1 saturated heterocycles. The van der Waals surface area contributed by atoms with Crippen LogP contribution in [0.3, 0.4) is 0 Å². The molecule has 0 aliphatic carbocycles. The largest absolute Gasteiger partial charge is 0.388 e. The van der Waals surface area contributed by atoms with Crippen molar-refractivity contribution >= 4 is 6.29 Å². The molecule has 17 heavy (non-hydrogen) atoms. The summed E-state index contributed by atoms with van der Waals surface area (Å²) in [4.78, 5) is 10.5. The second kappa shape index (κ2) is 5.40. The van der Waals surface area contributed by atoms with Crippen molar-refractivity contribution in [3.8, 4) is 0 Å². The van der Waals surface area contributed by atoms with E-state index >= 15 is 0 Å². The number of hydrogen-bond acceptors (Lipinski definition) is 4. The predicted octanol–water partition coefficient (Wildman–Crippen LogP) is 1.44. The van der Waals surface area contributed by atoms with E-state index in [2.05, 4.69) is 0 Å². The van der Waals surface area contributed by atoms with Gasteiger partial charge in [0.1, 0.15) is 12.4 Å². The Labute approximate surface area is 100 Å². The molecule has 0 radical (unpaired) electrons. The van der Waals surface area contributed by atoms with Gasteiger partial charge in [-0.3, -0.25) is 0 Å². The van der Waals surface area contributed by atoms with Gasteiger partial charge in [-0.2, -0.15) is 0 Å². The molecule has 1 aromatic carbocycles. The first-order valence-corrected chi connectivity index (χ1v) is 5.70. The third-order valence-corrected chi connectivity index (χ3v) is 2.90. The van der Waals surface area contributed by atoms with E-state index in [0.29, 0.717) is 0 Å². The first-order chi connectivity index (χ1) is 8.22. The lowest BCUT2D eigenvalue weighted by Gasteiger charge is -2.37. The maximum atomic E-state index is 10.5. The molecule has 2 rings (SSSR count). The molecule has 0 saturated carbocycles. The maximum Gasteiger partial charge on any atom is 0.184 e. The number of carbonyl (C=O) groups excluding carboxylic acids is 1. The molecule has 0 amide bonds. The average molecular weight is 236 g/mol. The molecule has 1 heterocycles. The summed E-state index contributed by atoms with van der Waals surface area (Å²) in [5.41, 5.74) is 0.891. The lowest BCUT2D eigenvalue weighted by molar-refractivity contribution is -0.283. The molecule has 0 unspecified atom stereocenters. The molecule has 0 bridgehead atoms. The fourth-order valence-corrected chi connectivity index (χ4v) is 1.91. The highest BCUT2D eigenvalue weighted by Gasteiger charge is 2.36. The summed E-state index contributed by atoms with van der Waals surface area (Å²) in [6.07, 6.45) is -1.19. The van der Waals surface area contributed by atoms with E-state index in [0.717, 1.165) is 11.8 Å². The highest BCUT2D eigenvalue weighted by Crippen LogP contribution is 2.30. The highest BCUT2D eigenvalue weighted by molar-refractivity contribution is 5.50. The van der Waals surface area contributed by atoms with Crippen LogP contribution in [0, 0.1) is 0 Å². The van der Waals surface area contributed by atoms with E-state index in [4.69, 9.17) is 9.47 Å². The van der Waals surface area contributed by atoms with Crippen molar-refractivity contribution in [2.45, 2.75) is 37.9 Å². The molecule has 4 heteroatoms. The van der Waals surface area contributed by atoms with Crippen LogP contribution < -0.4 is 0 Å². The van der Waals surface area contributed by atoms with E-state index in [1.165, 1.54) is 0 Å². The average Bonchev–Trinajstić information content (AvgIpc) is 2.36. The minimum Gasteiger partial charge on any atom is -0.388 e. The number of hydrogen-bond donors (Lipinski definition) is 1. The van der Waals surface area contributed by atoms with Crippen LogP contribution in [0.5, 0.6) is 0 Å². The first kappa shape index (κ1) is 12.2. The summed E-state index contributed by atoms with van der Waals surface area (Å²) in [6, 6.07) is 9.49. The van der Waals surface area contributed by atoms with Crippen molar-refractivity contribution in [1.29, 1.82) is 0 Å². The monoisotopic (exact) mass is 236 g/mol. The number of benzene rings is 1. The Hall–Kier alpha value is -1.23. The third kappa shape index (κ3) is 2.72. The molecule has 4 atom stereocenters. The van der Waals surface area contributed by atoms with Crippen LogP contribution in [-0.4, -0.2) is 29.7 Å². The lowest BCUT2D eigenvalue weighted by atomic mass is 10.0. The second-order valence-corrected chi connectivity index (χ2v) is 4.15. The van der Waals surface area contributed by atoms with E-state index in [9.17, 15) is 9.90 Å². The van der Waals surface area contributed by atoms with Crippen molar-refractivity contribution < 1.29 is 19.4 Å². The normalized spacial score (nSPS) is 33.3. The number of carbonyl (C=O) groups is 1. The molecule has 1 aliphatic rings. The van der Waals surface area contributed by atoms with Crippen molar-refractivity contribution in [1.82, 2.24) is 0 Å². The van der Waals surface area contributed by atoms with Crippen molar-refractivity contribution in [2.24, 2.45) is 0 Å². The van der Waals surface area contributed by atoms with Crippen LogP contribution in [0.2, 0.25) is 0 Å². The molecular formula is C13H16O4. The zero-order valence-electron chi connectivity index (χ0n) is 9.65. The fourth-order valence-electron chi connectivity index (χ4n) is 1.91. The van der Waals surface area contributed by atoms with E-state index in [1.54, 1.807) is 6.92 Å². The molecule has 92 valence electrons. The number of aldehydes is 1. The summed E-state index contributed by atoms with van der Waals surface area (Å²) in [5, 5.41) is 9.82. The third-order valence-electron chi connectivity index (χ3n) is 2.90. The van der Waals surface area contributed by atoms with Gasteiger partial charge in [-0.05, 0) is 6.92 Å². The fraction of sp³-hybridized carbons (Fsp3) is 0.462. The Morgan fingerprint density at radius 1 is 1.29 bits per heavy atom. The van der Waals surface area contributed by atoms with Crippen LogP contribution in [0.15, 0.2) is 30.3 Å². The molecular weight excluding hydrogens is 220 g/mol. The molecule has 1 N–H and O–H groups in total. The summed E-state index contributed by atoms with van der Waals surface area (Å²) in [7, 11) is 0. The lowest BCUT2D eigenvalue weighted by Crippen LogP contribution is -2.46. The Balaban J connectivity index is 2.13. The van der Waals surface area contributed by atoms with Crippen LogP contribution in [0.1, 0.15) is 25.2 Å². The number of ether oxygens (including phenoxy) is 2. The molecule has 4 nitrogen and oxygen atoms in total. The van der Waals surface area contributed by atoms with Gasteiger partial charge in [0.05, 0.1) is 12.2 Å². The van der Waals surface area contributed by atoms with Gasteiger partial charge in [0.15, 0.2) is 6.29 Å². The quantitative estimate of drug-likeness (QED) is 0.807. The maximum absolute atomic E-state index is 10.5. The van der Waals surface area contributed by atoms with Crippen molar-refractivity contribution in [3.05, 3.63) is 35.9 Å². The minimum atomic E-state index is -0.764. The molecule has 1 fully saturated rings. The van der Waals surface area contributed by atoms with Gasteiger partial charge in [0, 0.05) is 12.0 Å². The summed E-state index contributed by atoms with van der Waals surface area (Å²) < 4.78 is 11.2. The van der Waals surface area contributed by atoms with Crippen LogP contribution in [0.4, 0.5) is 0 Å². The van der Waals surface area contributed by atoms with E-state index in [1.807, 2.05) is 30.3 Å². The molecule has 0 aromatic heterocycles. The van der Waals surface area contributed by atoms with Gasteiger partial charge in [-0.1, -0.05) is 30.3 Å². The zero-order chi connectivity index (χ0) is 12.3. The Morgan fingerprint density at radius 2 is 2.00 bits per heavy atom. The second-order valence-electron chi connectivity index (χ2n) is 4.15. The van der Waals surface area contributed by atoms with E-state index < -0.39 is 18.5 Å². The van der Waals surface area contributed by atoms with Gasteiger partial charge in [-0.15, -0.1) is 0 Å². The highest BCUT2D eigenvalue weighted by atomic mass is 16.7. The van der Waals surface area contributed by atoms with Gasteiger partial charge >= 0.3 is 0 Å². The van der Waals surface area contributed by atoms with Crippen LogP contribution >= 0.6 is 0 Å². The molecule has 0 spiro atoms. The Kier molecular flexibility index (Phi) is 3.89. The van der Waals surface area contributed by atoms with Crippen molar-refractivity contribution in [2.75, 3.05) is 0 Å². The number of aliphatic hydroxyl groups excluding tert-OH is 1. The molecule has 1 aliphatic heterocycles. The van der Waals surface area contributed by atoms with E-state index in [-0.39, 0.29) is 12.5 Å². The van der Waals surface area contributed by atoms with Gasteiger partial charge in [-0.25, -0.2) is 0 Å². The number of aliphatic hydroxyl groups is 1.